The molecule has 0 saturated heterocycles. The Labute approximate surface area is 113 Å². The molecule has 1 heterocycles. The zero-order chi connectivity index (χ0) is 12.3. The lowest BCUT2D eigenvalue weighted by atomic mass is 10.2. The summed E-state index contributed by atoms with van der Waals surface area (Å²) in [4.78, 5) is 15.8. The van der Waals surface area contributed by atoms with Gasteiger partial charge in [-0.25, -0.2) is 0 Å². The number of aromatic nitrogens is 1. The summed E-state index contributed by atoms with van der Waals surface area (Å²) in [5, 5.41) is 3.88. The van der Waals surface area contributed by atoms with E-state index in [1.54, 1.807) is 12.3 Å². The van der Waals surface area contributed by atoms with Crippen molar-refractivity contribution in [2.45, 2.75) is 6.42 Å². The highest BCUT2D eigenvalue weighted by Crippen LogP contribution is 2.25. The van der Waals surface area contributed by atoms with Crippen LogP contribution >= 0.6 is 22.6 Å². The summed E-state index contributed by atoms with van der Waals surface area (Å²) in [5.74, 6) is -0.0758. The Hall–Kier alpha value is -1.43. The van der Waals surface area contributed by atoms with Gasteiger partial charge in [0.15, 0.2) is 0 Å². The molecule has 2 rings (SSSR count). The lowest BCUT2D eigenvalue weighted by molar-refractivity contribution is -0.115. The highest BCUT2D eigenvalue weighted by molar-refractivity contribution is 14.1. The Morgan fingerprint density at radius 2 is 2.29 bits per heavy atom. The van der Waals surface area contributed by atoms with Gasteiger partial charge in [0.25, 0.3) is 0 Å². The van der Waals surface area contributed by atoms with Crippen LogP contribution in [-0.2, 0) is 4.79 Å². The van der Waals surface area contributed by atoms with Crippen LogP contribution in [-0.4, -0.2) is 10.9 Å². The van der Waals surface area contributed by atoms with Crippen molar-refractivity contribution >= 4 is 45.1 Å². The minimum Gasteiger partial charge on any atom is -0.324 e. The largest absolute Gasteiger partial charge is 0.324 e. The molecule has 1 N–H and O–H groups in total. The van der Waals surface area contributed by atoms with E-state index in [1.165, 1.54) is 0 Å². The fraction of sp³-hybridized carbons (Fsp3) is 0.0769. The van der Waals surface area contributed by atoms with Gasteiger partial charge in [0.05, 0.1) is 11.2 Å². The Kier molecular flexibility index (Phi) is 3.73. The third kappa shape index (κ3) is 2.63. The fourth-order valence-electron chi connectivity index (χ4n) is 1.57. The first-order valence-corrected chi connectivity index (χ1v) is 6.24. The van der Waals surface area contributed by atoms with E-state index in [2.05, 4.69) is 39.5 Å². The average Bonchev–Trinajstić information content (AvgIpc) is 2.34. The molecule has 0 unspecified atom stereocenters. The zero-order valence-corrected chi connectivity index (χ0v) is 11.3. The van der Waals surface area contributed by atoms with Gasteiger partial charge in [-0.05, 0) is 40.8 Å². The number of hydrogen-bond acceptors (Lipinski definition) is 2. The normalized spacial score (nSPS) is 10.2. The second-order valence-electron chi connectivity index (χ2n) is 3.54. The molecule has 1 aromatic heterocycles. The highest BCUT2D eigenvalue weighted by Gasteiger charge is 2.07. The van der Waals surface area contributed by atoms with Crippen molar-refractivity contribution in [3.8, 4) is 0 Å². The van der Waals surface area contributed by atoms with Crippen molar-refractivity contribution in [2.75, 3.05) is 5.32 Å². The number of pyridine rings is 1. The number of anilines is 1. The molecule has 0 bridgehead atoms. The van der Waals surface area contributed by atoms with Gasteiger partial charge in [0, 0.05) is 21.6 Å². The molecule has 3 nitrogen and oxygen atoms in total. The predicted octanol–water partition coefficient (Wildman–Crippen LogP) is 3.35. The number of rotatable bonds is 3. The van der Waals surface area contributed by atoms with Crippen LogP contribution in [0.3, 0.4) is 0 Å². The summed E-state index contributed by atoms with van der Waals surface area (Å²) in [6.07, 6.45) is 3.61. The van der Waals surface area contributed by atoms with Crippen LogP contribution in [0.4, 0.5) is 5.69 Å². The average molecular weight is 338 g/mol. The SMILES string of the molecule is C=CCC(=O)Nc1ccc(I)c2cccnc12. The Morgan fingerprint density at radius 3 is 3.06 bits per heavy atom. The number of hydrogen-bond donors (Lipinski definition) is 1. The third-order valence-corrected chi connectivity index (χ3v) is 3.26. The number of nitrogens with one attached hydrogen (secondary N) is 1. The van der Waals surface area contributed by atoms with Crippen LogP contribution in [0.5, 0.6) is 0 Å². The lowest BCUT2D eigenvalue weighted by Gasteiger charge is -2.08. The highest BCUT2D eigenvalue weighted by atomic mass is 127. The Balaban J connectivity index is 2.44. The van der Waals surface area contributed by atoms with E-state index in [0.717, 1.165) is 20.2 Å². The maximum atomic E-state index is 11.5. The number of carbonyl (C=O) groups is 1. The van der Waals surface area contributed by atoms with Crippen molar-refractivity contribution in [3.63, 3.8) is 0 Å². The van der Waals surface area contributed by atoms with Crippen molar-refractivity contribution < 1.29 is 4.79 Å². The molecule has 1 aromatic carbocycles. The first-order chi connectivity index (χ1) is 8.22. The summed E-state index contributed by atoms with van der Waals surface area (Å²) >= 11 is 2.26. The maximum absolute atomic E-state index is 11.5. The van der Waals surface area contributed by atoms with Crippen LogP contribution in [0, 0.1) is 3.57 Å². The van der Waals surface area contributed by atoms with E-state index >= 15 is 0 Å². The number of carbonyl (C=O) groups excluding carboxylic acids is 1. The quantitative estimate of drug-likeness (QED) is 0.689. The summed E-state index contributed by atoms with van der Waals surface area (Å²) in [6.45, 7) is 3.54. The minimum atomic E-state index is -0.0758. The van der Waals surface area contributed by atoms with Gasteiger partial charge < -0.3 is 5.32 Å². The molecule has 0 aliphatic rings. The van der Waals surface area contributed by atoms with Crippen LogP contribution in [0.1, 0.15) is 6.42 Å². The standard InChI is InChI=1S/C13H11IN2O/c1-2-4-12(17)16-11-7-6-10(14)9-5-3-8-15-13(9)11/h2-3,5-8H,1,4H2,(H,16,17). The third-order valence-electron chi connectivity index (χ3n) is 2.32. The zero-order valence-electron chi connectivity index (χ0n) is 9.11. The summed E-state index contributed by atoms with van der Waals surface area (Å²) in [5.41, 5.74) is 1.56. The number of fused-ring (bicyclic) bond motifs is 1. The second kappa shape index (κ2) is 5.27. The van der Waals surface area contributed by atoms with Crippen molar-refractivity contribution in [3.05, 3.63) is 46.7 Å². The van der Waals surface area contributed by atoms with Crippen LogP contribution < -0.4 is 5.32 Å². The number of halogens is 1. The fourth-order valence-corrected chi connectivity index (χ4v) is 2.19. The minimum absolute atomic E-state index is 0.0758. The molecule has 4 heteroatoms. The van der Waals surface area contributed by atoms with Crippen LogP contribution in [0.15, 0.2) is 43.1 Å². The molecule has 1 amide bonds. The van der Waals surface area contributed by atoms with Crippen molar-refractivity contribution in [1.82, 2.24) is 4.98 Å². The predicted molar refractivity (Wildman–Crippen MR) is 77.9 cm³/mol. The van der Waals surface area contributed by atoms with Gasteiger partial charge in [-0.1, -0.05) is 12.1 Å². The molecule has 0 spiro atoms. The molecule has 0 radical (unpaired) electrons. The van der Waals surface area contributed by atoms with E-state index in [1.807, 2.05) is 24.3 Å². The topological polar surface area (TPSA) is 42.0 Å². The molecule has 0 aliphatic carbocycles. The van der Waals surface area contributed by atoms with Crippen LogP contribution in [0.25, 0.3) is 10.9 Å². The van der Waals surface area contributed by atoms with E-state index < -0.39 is 0 Å². The maximum Gasteiger partial charge on any atom is 0.228 e. The van der Waals surface area contributed by atoms with Gasteiger partial charge in [-0.15, -0.1) is 6.58 Å². The van der Waals surface area contributed by atoms with Gasteiger partial charge in [0.2, 0.25) is 5.91 Å². The number of benzene rings is 1. The molecule has 0 atom stereocenters. The van der Waals surface area contributed by atoms with Gasteiger partial charge in [0.1, 0.15) is 0 Å². The molecule has 17 heavy (non-hydrogen) atoms. The molecule has 86 valence electrons. The van der Waals surface area contributed by atoms with Crippen molar-refractivity contribution in [2.24, 2.45) is 0 Å². The molecule has 0 aliphatic heterocycles. The number of amides is 1. The number of nitrogens with zero attached hydrogens (tertiary/aromatic N) is 1. The van der Waals surface area contributed by atoms with E-state index in [0.29, 0.717) is 6.42 Å². The van der Waals surface area contributed by atoms with Crippen molar-refractivity contribution in [1.29, 1.82) is 0 Å². The first-order valence-electron chi connectivity index (χ1n) is 5.16. The summed E-state index contributed by atoms with van der Waals surface area (Å²) in [7, 11) is 0. The van der Waals surface area contributed by atoms with Gasteiger partial charge in [-0.3, -0.25) is 9.78 Å². The van der Waals surface area contributed by atoms with E-state index in [4.69, 9.17) is 0 Å². The molecular formula is C13H11IN2O. The second-order valence-corrected chi connectivity index (χ2v) is 4.70. The first kappa shape index (κ1) is 12.0. The molecule has 2 aromatic rings. The Bertz CT molecular complexity index is 581. The lowest BCUT2D eigenvalue weighted by Crippen LogP contribution is -2.10. The Morgan fingerprint density at radius 1 is 1.47 bits per heavy atom. The van der Waals surface area contributed by atoms with E-state index in [9.17, 15) is 4.79 Å². The monoisotopic (exact) mass is 338 g/mol. The van der Waals surface area contributed by atoms with Gasteiger partial charge in [-0.2, -0.15) is 0 Å². The molecule has 0 fully saturated rings. The smallest absolute Gasteiger partial charge is 0.228 e. The summed E-state index contributed by atoms with van der Waals surface area (Å²) in [6, 6.07) is 7.72. The molecular weight excluding hydrogens is 327 g/mol. The van der Waals surface area contributed by atoms with Crippen LogP contribution in [0.2, 0.25) is 0 Å². The van der Waals surface area contributed by atoms with Gasteiger partial charge >= 0.3 is 0 Å². The van der Waals surface area contributed by atoms with E-state index in [-0.39, 0.29) is 5.91 Å². The molecule has 0 saturated carbocycles. The summed E-state index contributed by atoms with van der Waals surface area (Å²) < 4.78 is 1.12.